The van der Waals surface area contributed by atoms with Gasteiger partial charge in [-0.15, -0.1) is 0 Å². The minimum atomic E-state index is 0.553. The molecule has 0 saturated carbocycles. The lowest BCUT2D eigenvalue weighted by molar-refractivity contribution is 0.285. The van der Waals surface area contributed by atoms with Crippen molar-refractivity contribution in [3.8, 4) is 0 Å². The second kappa shape index (κ2) is 4.99. The van der Waals surface area contributed by atoms with Gasteiger partial charge >= 0.3 is 0 Å². The topological polar surface area (TPSA) is 43.0 Å². The van der Waals surface area contributed by atoms with Crippen LogP contribution in [-0.4, -0.2) is 23.7 Å². The lowest BCUT2D eigenvalue weighted by Crippen LogP contribution is -2.44. The van der Waals surface area contributed by atoms with Gasteiger partial charge in [-0.2, -0.15) is 0 Å². The molecule has 0 amide bonds. The van der Waals surface area contributed by atoms with E-state index in [2.05, 4.69) is 54.3 Å². The summed E-state index contributed by atoms with van der Waals surface area (Å²) in [6.45, 7) is 4.06. The molecule has 2 heterocycles. The zero-order chi connectivity index (χ0) is 13.4. The van der Waals surface area contributed by atoms with Gasteiger partial charge in [-0.05, 0) is 67.4 Å². The SMILES string of the molecule is CC1CC(c2ccc3c(ccn3C)c2)C(CN)CN1. The standard InChI is InChI=1S/C16H23N3/c1-11-7-15(14(9-17)10-18-11)12-3-4-16-13(8-12)5-6-19(16)2/h3-6,8,11,14-15,18H,7,9-10,17H2,1-2H3. The van der Waals surface area contributed by atoms with Gasteiger partial charge in [0.15, 0.2) is 0 Å². The van der Waals surface area contributed by atoms with E-state index in [1.807, 2.05) is 0 Å². The van der Waals surface area contributed by atoms with Crippen LogP contribution >= 0.6 is 0 Å². The smallest absolute Gasteiger partial charge is 0.0477 e. The Balaban J connectivity index is 1.97. The first-order chi connectivity index (χ1) is 9.19. The van der Waals surface area contributed by atoms with Crippen LogP contribution in [0.5, 0.6) is 0 Å². The van der Waals surface area contributed by atoms with E-state index in [4.69, 9.17) is 5.73 Å². The average Bonchev–Trinajstić information content (AvgIpc) is 2.80. The molecule has 3 rings (SSSR count). The van der Waals surface area contributed by atoms with Gasteiger partial charge in [-0.25, -0.2) is 0 Å². The van der Waals surface area contributed by atoms with Gasteiger partial charge in [0.05, 0.1) is 0 Å². The Morgan fingerprint density at radius 2 is 2.21 bits per heavy atom. The lowest BCUT2D eigenvalue weighted by atomic mass is 9.78. The Morgan fingerprint density at radius 1 is 1.37 bits per heavy atom. The highest BCUT2D eigenvalue weighted by Gasteiger charge is 2.28. The number of fused-ring (bicyclic) bond motifs is 1. The van der Waals surface area contributed by atoms with Crippen molar-refractivity contribution in [1.29, 1.82) is 0 Å². The summed E-state index contributed by atoms with van der Waals surface area (Å²) >= 11 is 0. The molecular formula is C16H23N3. The Morgan fingerprint density at radius 3 is 3.00 bits per heavy atom. The molecule has 1 aromatic carbocycles. The number of aryl methyl sites for hydroxylation is 1. The molecule has 0 spiro atoms. The van der Waals surface area contributed by atoms with Gasteiger partial charge in [-0.1, -0.05) is 6.07 Å². The number of nitrogens with zero attached hydrogens (tertiary/aromatic N) is 1. The van der Waals surface area contributed by atoms with E-state index < -0.39 is 0 Å². The van der Waals surface area contributed by atoms with Gasteiger partial charge in [-0.3, -0.25) is 0 Å². The Bertz CT molecular complexity index is 572. The van der Waals surface area contributed by atoms with Crippen molar-refractivity contribution in [3.63, 3.8) is 0 Å². The summed E-state index contributed by atoms with van der Waals surface area (Å²) in [4.78, 5) is 0. The molecule has 2 aromatic rings. The van der Waals surface area contributed by atoms with Gasteiger partial charge in [0, 0.05) is 24.8 Å². The number of nitrogens with one attached hydrogen (secondary N) is 1. The molecule has 3 nitrogen and oxygen atoms in total. The summed E-state index contributed by atoms with van der Waals surface area (Å²) in [5.41, 5.74) is 8.70. The molecule has 0 aliphatic carbocycles. The zero-order valence-electron chi connectivity index (χ0n) is 11.8. The van der Waals surface area contributed by atoms with E-state index in [1.165, 1.54) is 22.9 Å². The van der Waals surface area contributed by atoms with E-state index in [0.29, 0.717) is 17.9 Å². The zero-order valence-corrected chi connectivity index (χ0v) is 11.8. The molecule has 3 atom stereocenters. The van der Waals surface area contributed by atoms with Crippen molar-refractivity contribution >= 4 is 10.9 Å². The molecule has 1 saturated heterocycles. The summed E-state index contributed by atoms with van der Waals surface area (Å²) in [5, 5.41) is 4.88. The third-order valence-corrected chi connectivity index (χ3v) is 4.55. The first-order valence-corrected chi connectivity index (χ1v) is 7.17. The first kappa shape index (κ1) is 12.7. The molecule has 1 aliphatic rings. The van der Waals surface area contributed by atoms with Crippen molar-refractivity contribution in [2.75, 3.05) is 13.1 Å². The maximum absolute atomic E-state index is 5.95. The lowest BCUT2D eigenvalue weighted by Gasteiger charge is -2.35. The van der Waals surface area contributed by atoms with E-state index in [0.717, 1.165) is 13.1 Å². The van der Waals surface area contributed by atoms with Crippen LogP contribution in [0.25, 0.3) is 10.9 Å². The monoisotopic (exact) mass is 257 g/mol. The predicted molar refractivity (Wildman–Crippen MR) is 80.3 cm³/mol. The number of nitrogens with two attached hydrogens (primary N) is 1. The van der Waals surface area contributed by atoms with Gasteiger partial charge in [0.2, 0.25) is 0 Å². The van der Waals surface area contributed by atoms with E-state index in [9.17, 15) is 0 Å². The summed E-state index contributed by atoms with van der Waals surface area (Å²) in [6.07, 6.45) is 3.31. The first-order valence-electron chi connectivity index (χ1n) is 7.17. The largest absolute Gasteiger partial charge is 0.351 e. The number of aromatic nitrogens is 1. The van der Waals surface area contributed by atoms with Crippen LogP contribution < -0.4 is 11.1 Å². The summed E-state index contributed by atoms with van der Waals surface area (Å²) in [7, 11) is 2.09. The summed E-state index contributed by atoms with van der Waals surface area (Å²) in [5.74, 6) is 1.14. The molecule has 102 valence electrons. The van der Waals surface area contributed by atoms with Crippen LogP contribution in [0.2, 0.25) is 0 Å². The number of piperidine rings is 1. The van der Waals surface area contributed by atoms with Crippen LogP contribution in [0.1, 0.15) is 24.8 Å². The molecule has 0 bridgehead atoms. The second-order valence-corrected chi connectivity index (χ2v) is 5.89. The maximum Gasteiger partial charge on any atom is 0.0477 e. The normalized spacial score (nSPS) is 27.8. The molecular weight excluding hydrogens is 234 g/mol. The Labute approximate surface area is 114 Å². The van der Waals surface area contributed by atoms with Crippen LogP contribution in [0.3, 0.4) is 0 Å². The molecule has 3 N–H and O–H groups in total. The fourth-order valence-electron chi connectivity index (χ4n) is 3.34. The van der Waals surface area contributed by atoms with Crippen molar-refractivity contribution in [2.24, 2.45) is 18.7 Å². The van der Waals surface area contributed by atoms with Crippen molar-refractivity contribution in [2.45, 2.75) is 25.3 Å². The average molecular weight is 257 g/mol. The minimum Gasteiger partial charge on any atom is -0.351 e. The van der Waals surface area contributed by atoms with E-state index in [1.54, 1.807) is 0 Å². The number of hydrogen-bond donors (Lipinski definition) is 2. The molecule has 1 aliphatic heterocycles. The van der Waals surface area contributed by atoms with Crippen molar-refractivity contribution in [1.82, 2.24) is 9.88 Å². The van der Waals surface area contributed by atoms with Gasteiger partial charge < -0.3 is 15.6 Å². The molecule has 3 unspecified atom stereocenters. The predicted octanol–water partition coefficient (Wildman–Crippen LogP) is 2.22. The fraction of sp³-hybridized carbons (Fsp3) is 0.500. The fourth-order valence-corrected chi connectivity index (χ4v) is 3.34. The number of benzene rings is 1. The minimum absolute atomic E-state index is 0.553. The van der Waals surface area contributed by atoms with Crippen LogP contribution in [0, 0.1) is 5.92 Å². The van der Waals surface area contributed by atoms with Crippen molar-refractivity contribution < 1.29 is 0 Å². The third kappa shape index (κ3) is 2.28. The number of rotatable bonds is 2. The summed E-state index contributed by atoms with van der Waals surface area (Å²) < 4.78 is 2.17. The molecule has 3 heteroatoms. The number of hydrogen-bond acceptors (Lipinski definition) is 2. The molecule has 1 aromatic heterocycles. The van der Waals surface area contributed by atoms with Crippen LogP contribution in [0.4, 0.5) is 0 Å². The van der Waals surface area contributed by atoms with Gasteiger partial charge in [0.1, 0.15) is 0 Å². The highest BCUT2D eigenvalue weighted by molar-refractivity contribution is 5.80. The highest BCUT2D eigenvalue weighted by atomic mass is 14.9. The van der Waals surface area contributed by atoms with E-state index >= 15 is 0 Å². The van der Waals surface area contributed by atoms with Gasteiger partial charge in [0.25, 0.3) is 0 Å². The highest BCUT2D eigenvalue weighted by Crippen LogP contribution is 2.33. The van der Waals surface area contributed by atoms with Crippen LogP contribution in [-0.2, 0) is 7.05 Å². The van der Waals surface area contributed by atoms with Crippen LogP contribution in [0.15, 0.2) is 30.5 Å². The second-order valence-electron chi connectivity index (χ2n) is 5.89. The molecule has 19 heavy (non-hydrogen) atoms. The Kier molecular flexibility index (Phi) is 3.33. The molecule has 1 fully saturated rings. The molecule has 0 radical (unpaired) electrons. The summed E-state index contributed by atoms with van der Waals surface area (Å²) in [6, 6.07) is 9.65. The van der Waals surface area contributed by atoms with E-state index in [-0.39, 0.29) is 0 Å². The Hall–Kier alpha value is -1.32. The quantitative estimate of drug-likeness (QED) is 0.866. The third-order valence-electron chi connectivity index (χ3n) is 4.55. The van der Waals surface area contributed by atoms with Crippen molar-refractivity contribution in [3.05, 3.63) is 36.0 Å². The maximum atomic E-state index is 5.95.